The summed E-state index contributed by atoms with van der Waals surface area (Å²) in [6.45, 7) is 5.61. The standard InChI is InChI=1S/C31H37N3O6S/c1-4-16-32-31(36)27(18-24-11-7-6-8-12-24)33(20-25-13-9-10-23(3)17-25)30(35)21-34(41(37,38)5-2)26-14-15-28-29(19-26)40-22-39-28/h6-15,17,19,27H,4-5,16,18,20-22H2,1-3H3,(H,32,36)/t27-/m1/s1. The van der Waals surface area contributed by atoms with Gasteiger partial charge >= 0.3 is 0 Å². The first-order valence-electron chi connectivity index (χ1n) is 13.8. The number of fused-ring (bicyclic) bond motifs is 1. The Morgan fingerprint density at radius 3 is 2.37 bits per heavy atom. The molecule has 0 saturated carbocycles. The number of carbonyl (C=O) groups is 2. The number of carbonyl (C=O) groups excluding carboxylic acids is 2. The minimum absolute atomic E-state index is 0.0382. The molecule has 1 aliphatic rings. The SMILES string of the molecule is CCCNC(=O)[C@@H](Cc1ccccc1)N(Cc1cccc(C)c1)C(=O)CN(c1ccc2c(c1)OCO2)S(=O)(=O)CC. The lowest BCUT2D eigenvalue weighted by atomic mass is 10.0. The molecule has 1 heterocycles. The molecule has 0 aromatic heterocycles. The maximum atomic E-state index is 14.2. The van der Waals surface area contributed by atoms with Gasteiger partial charge in [0.05, 0.1) is 11.4 Å². The van der Waals surface area contributed by atoms with Crippen LogP contribution in [0, 0.1) is 6.92 Å². The van der Waals surface area contributed by atoms with Crippen LogP contribution < -0.4 is 19.1 Å². The van der Waals surface area contributed by atoms with Crippen molar-refractivity contribution in [1.82, 2.24) is 10.2 Å². The maximum absolute atomic E-state index is 14.2. The number of ether oxygens (including phenoxy) is 2. The Hall–Kier alpha value is -4.05. The van der Waals surface area contributed by atoms with Crippen LogP contribution in [0.4, 0.5) is 5.69 Å². The molecule has 218 valence electrons. The van der Waals surface area contributed by atoms with E-state index in [2.05, 4.69) is 5.32 Å². The third-order valence-corrected chi connectivity index (χ3v) is 8.62. The Bertz CT molecular complexity index is 1460. The fourth-order valence-corrected chi connectivity index (χ4v) is 5.74. The van der Waals surface area contributed by atoms with Crippen molar-refractivity contribution in [1.29, 1.82) is 0 Å². The molecular weight excluding hydrogens is 542 g/mol. The van der Waals surface area contributed by atoms with Gasteiger partial charge in [0.15, 0.2) is 11.5 Å². The second kappa shape index (κ2) is 13.5. The van der Waals surface area contributed by atoms with E-state index in [1.807, 2.05) is 68.4 Å². The number of sulfonamides is 1. The van der Waals surface area contributed by atoms with E-state index in [4.69, 9.17) is 9.47 Å². The first kappa shape index (κ1) is 29.9. The maximum Gasteiger partial charge on any atom is 0.244 e. The van der Waals surface area contributed by atoms with Gasteiger partial charge in [-0.1, -0.05) is 67.1 Å². The number of hydrogen-bond acceptors (Lipinski definition) is 6. The predicted octanol–water partition coefficient (Wildman–Crippen LogP) is 4.05. The van der Waals surface area contributed by atoms with Crippen LogP contribution in [0.25, 0.3) is 0 Å². The third kappa shape index (κ3) is 7.58. The molecule has 0 fully saturated rings. The van der Waals surface area contributed by atoms with Crippen LogP contribution >= 0.6 is 0 Å². The van der Waals surface area contributed by atoms with Crippen molar-refractivity contribution in [2.24, 2.45) is 0 Å². The monoisotopic (exact) mass is 579 g/mol. The first-order valence-corrected chi connectivity index (χ1v) is 15.4. The minimum atomic E-state index is -3.87. The zero-order chi connectivity index (χ0) is 29.4. The van der Waals surface area contributed by atoms with E-state index in [1.54, 1.807) is 18.2 Å². The lowest BCUT2D eigenvalue weighted by Gasteiger charge is -2.34. The van der Waals surface area contributed by atoms with Crippen molar-refractivity contribution in [3.05, 3.63) is 89.5 Å². The van der Waals surface area contributed by atoms with Gasteiger partial charge in [0.25, 0.3) is 0 Å². The van der Waals surface area contributed by atoms with E-state index in [1.165, 1.54) is 11.8 Å². The summed E-state index contributed by atoms with van der Waals surface area (Å²) in [4.78, 5) is 29.3. The number of rotatable bonds is 13. The fraction of sp³-hybridized carbons (Fsp3) is 0.355. The van der Waals surface area contributed by atoms with Crippen LogP contribution in [0.15, 0.2) is 72.8 Å². The molecule has 0 aliphatic carbocycles. The summed E-state index contributed by atoms with van der Waals surface area (Å²) in [6.07, 6.45) is 1.01. The van der Waals surface area contributed by atoms with Crippen LogP contribution in [0.1, 0.15) is 37.0 Å². The van der Waals surface area contributed by atoms with Crippen molar-refractivity contribution in [3.8, 4) is 11.5 Å². The van der Waals surface area contributed by atoms with E-state index >= 15 is 0 Å². The number of anilines is 1. The van der Waals surface area contributed by atoms with Gasteiger partial charge in [0.2, 0.25) is 28.6 Å². The van der Waals surface area contributed by atoms with Gasteiger partial charge in [0.1, 0.15) is 12.6 Å². The number of nitrogens with one attached hydrogen (secondary N) is 1. The summed E-state index contributed by atoms with van der Waals surface area (Å²) in [5, 5.41) is 2.94. The smallest absolute Gasteiger partial charge is 0.244 e. The summed E-state index contributed by atoms with van der Waals surface area (Å²) in [5.41, 5.74) is 3.03. The van der Waals surface area contributed by atoms with Crippen molar-refractivity contribution in [3.63, 3.8) is 0 Å². The Balaban J connectivity index is 1.73. The molecule has 1 atom stereocenters. The molecule has 4 rings (SSSR count). The van der Waals surface area contributed by atoms with Gasteiger partial charge in [-0.05, 0) is 43.5 Å². The van der Waals surface area contributed by atoms with E-state index < -0.39 is 28.5 Å². The Kier molecular flexibility index (Phi) is 9.88. The van der Waals surface area contributed by atoms with E-state index in [0.717, 1.165) is 27.4 Å². The molecule has 2 amide bonds. The summed E-state index contributed by atoms with van der Waals surface area (Å²) in [7, 11) is -3.87. The quantitative estimate of drug-likeness (QED) is 0.328. The van der Waals surface area contributed by atoms with Crippen molar-refractivity contribution < 1.29 is 27.5 Å². The van der Waals surface area contributed by atoms with Crippen molar-refractivity contribution in [2.45, 2.75) is 46.2 Å². The van der Waals surface area contributed by atoms with Crippen molar-refractivity contribution >= 4 is 27.5 Å². The normalized spacial score (nSPS) is 13.0. The molecule has 0 bridgehead atoms. The number of hydrogen-bond donors (Lipinski definition) is 1. The molecule has 9 nitrogen and oxygen atoms in total. The van der Waals surface area contributed by atoms with E-state index in [-0.39, 0.29) is 37.1 Å². The number of nitrogens with zero attached hydrogens (tertiary/aromatic N) is 2. The topological polar surface area (TPSA) is 105 Å². The highest BCUT2D eigenvalue weighted by Crippen LogP contribution is 2.36. The summed E-state index contributed by atoms with van der Waals surface area (Å²) < 4.78 is 38.5. The van der Waals surface area contributed by atoms with E-state index in [9.17, 15) is 18.0 Å². The van der Waals surface area contributed by atoms with Crippen LogP contribution in [0.3, 0.4) is 0 Å². The van der Waals surface area contributed by atoms with Gasteiger partial charge in [-0.15, -0.1) is 0 Å². The number of benzene rings is 3. The zero-order valence-corrected chi connectivity index (χ0v) is 24.5. The average Bonchev–Trinajstić information content (AvgIpc) is 3.45. The molecule has 0 unspecified atom stereocenters. The number of aryl methyl sites for hydroxylation is 1. The third-order valence-electron chi connectivity index (χ3n) is 6.88. The number of amides is 2. The molecule has 1 N–H and O–H groups in total. The van der Waals surface area contributed by atoms with Crippen LogP contribution in [-0.4, -0.2) is 56.8 Å². The fourth-order valence-electron chi connectivity index (χ4n) is 4.69. The lowest BCUT2D eigenvalue weighted by Crippen LogP contribution is -2.53. The molecular formula is C31H37N3O6S. The molecule has 10 heteroatoms. The predicted molar refractivity (Wildman–Crippen MR) is 158 cm³/mol. The van der Waals surface area contributed by atoms with Crippen LogP contribution in [0.5, 0.6) is 11.5 Å². The highest BCUT2D eigenvalue weighted by Gasteiger charge is 2.34. The summed E-state index contributed by atoms with van der Waals surface area (Å²) in [5.74, 6) is -0.0791. The van der Waals surface area contributed by atoms with Gasteiger partial charge in [-0.25, -0.2) is 8.42 Å². The minimum Gasteiger partial charge on any atom is -0.454 e. The summed E-state index contributed by atoms with van der Waals surface area (Å²) >= 11 is 0. The van der Waals surface area contributed by atoms with E-state index in [0.29, 0.717) is 18.0 Å². The Labute approximate surface area is 242 Å². The molecule has 0 spiro atoms. The molecule has 3 aromatic rings. The first-order chi connectivity index (χ1) is 19.7. The molecule has 3 aromatic carbocycles. The van der Waals surface area contributed by atoms with Gasteiger partial charge in [-0.2, -0.15) is 0 Å². The Morgan fingerprint density at radius 1 is 0.927 bits per heavy atom. The van der Waals surface area contributed by atoms with Gasteiger partial charge < -0.3 is 19.7 Å². The van der Waals surface area contributed by atoms with Gasteiger partial charge in [-0.3, -0.25) is 13.9 Å². The second-order valence-electron chi connectivity index (χ2n) is 9.95. The average molecular weight is 580 g/mol. The molecule has 0 radical (unpaired) electrons. The van der Waals surface area contributed by atoms with Gasteiger partial charge in [0, 0.05) is 25.6 Å². The Morgan fingerprint density at radius 2 is 1.66 bits per heavy atom. The van der Waals surface area contributed by atoms with Crippen LogP contribution in [0.2, 0.25) is 0 Å². The summed E-state index contributed by atoms with van der Waals surface area (Å²) in [6, 6.07) is 21.1. The molecule has 41 heavy (non-hydrogen) atoms. The van der Waals surface area contributed by atoms with Crippen molar-refractivity contribution in [2.75, 3.05) is 29.9 Å². The molecule has 0 saturated heterocycles. The lowest BCUT2D eigenvalue weighted by molar-refractivity contribution is -0.140. The zero-order valence-electron chi connectivity index (χ0n) is 23.7. The largest absolute Gasteiger partial charge is 0.454 e. The highest BCUT2D eigenvalue weighted by molar-refractivity contribution is 7.92. The second-order valence-corrected chi connectivity index (χ2v) is 12.1. The molecule has 1 aliphatic heterocycles. The van der Waals surface area contributed by atoms with Crippen LogP contribution in [-0.2, 0) is 32.6 Å². The highest BCUT2D eigenvalue weighted by atomic mass is 32.2.